The fourth-order valence-corrected chi connectivity index (χ4v) is 2.57. The second-order valence-corrected chi connectivity index (χ2v) is 8.31. The van der Waals surface area contributed by atoms with Crippen LogP contribution in [-0.2, 0) is 9.53 Å². The van der Waals surface area contributed by atoms with E-state index in [9.17, 15) is 9.59 Å². The number of ether oxygens (including phenoxy) is 1. The number of carbonyl (C=O) groups is 2. The molecule has 0 aliphatic heterocycles. The third kappa shape index (κ3) is 12.4. The van der Waals surface area contributed by atoms with Gasteiger partial charge in [-0.1, -0.05) is 19.8 Å². The Labute approximate surface area is 169 Å². The lowest BCUT2D eigenvalue weighted by Gasteiger charge is -2.24. The van der Waals surface area contributed by atoms with Crippen molar-refractivity contribution in [3.8, 4) is 0 Å². The van der Waals surface area contributed by atoms with Crippen LogP contribution in [0.5, 0.6) is 0 Å². The molecule has 0 radical (unpaired) electrons. The molecule has 28 heavy (non-hydrogen) atoms. The Bertz CT molecular complexity index is 512. The van der Waals surface area contributed by atoms with Gasteiger partial charge < -0.3 is 26.0 Å². The highest BCUT2D eigenvalue weighted by Crippen LogP contribution is 2.18. The fourth-order valence-electron chi connectivity index (χ4n) is 2.57. The van der Waals surface area contributed by atoms with Crippen LogP contribution in [0.3, 0.4) is 0 Å². The Kier molecular flexibility index (Phi) is 10.7. The summed E-state index contributed by atoms with van der Waals surface area (Å²) in [4.78, 5) is 27.9. The van der Waals surface area contributed by atoms with Crippen molar-refractivity contribution in [2.75, 3.05) is 20.1 Å². The number of nitrogens with zero attached hydrogens (tertiary/aromatic N) is 1. The average molecular weight is 398 g/mol. The summed E-state index contributed by atoms with van der Waals surface area (Å²) in [6.07, 6.45) is 6.10. The molecule has 0 saturated heterocycles. The van der Waals surface area contributed by atoms with Gasteiger partial charge in [0, 0.05) is 38.6 Å². The van der Waals surface area contributed by atoms with Gasteiger partial charge in [0.15, 0.2) is 5.96 Å². The van der Waals surface area contributed by atoms with Crippen molar-refractivity contribution in [1.82, 2.24) is 21.3 Å². The number of amides is 2. The summed E-state index contributed by atoms with van der Waals surface area (Å²) in [5.74, 6) is 0.796. The zero-order valence-corrected chi connectivity index (χ0v) is 18.2. The predicted octanol–water partition coefficient (Wildman–Crippen LogP) is 2.29. The first-order valence-electron chi connectivity index (χ1n) is 10.5. The minimum Gasteiger partial charge on any atom is -0.444 e. The SMILES string of the molecule is CCCCC(CNC(=O)OC(C)(C)C)NC(=NC)NCCCC(=O)NC1CC1. The first-order valence-corrected chi connectivity index (χ1v) is 10.5. The maximum absolute atomic E-state index is 11.9. The molecule has 1 aliphatic carbocycles. The topological polar surface area (TPSA) is 104 Å². The molecular weight excluding hydrogens is 358 g/mol. The van der Waals surface area contributed by atoms with Crippen LogP contribution in [0.15, 0.2) is 4.99 Å². The molecule has 0 aromatic carbocycles. The van der Waals surface area contributed by atoms with Crippen LogP contribution in [0.1, 0.15) is 72.6 Å². The van der Waals surface area contributed by atoms with Crippen molar-refractivity contribution in [3.05, 3.63) is 0 Å². The normalized spacial score (nSPS) is 15.5. The van der Waals surface area contributed by atoms with E-state index < -0.39 is 11.7 Å². The van der Waals surface area contributed by atoms with Crippen molar-refractivity contribution in [2.24, 2.45) is 4.99 Å². The molecule has 1 rings (SSSR count). The molecule has 1 aliphatic rings. The zero-order valence-electron chi connectivity index (χ0n) is 18.2. The van der Waals surface area contributed by atoms with Gasteiger partial charge >= 0.3 is 6.09 Å². The summed E-state index contributed by atoms with van der Waals surface area (Å²) in [5.41, 5.74) is -0.514. The summed E-state index contributed by atoms with van der Waals surface area (Å²) >= 11 is 0. The van der Waals surface area contributed by atoms with E-state index in [-0.39, 0.29) is 11.9 Å². The number of nitrogens with one attached hydrogen (secondary N) is 4. The van der Waals surface area contributed by atoms with Gasteiger partial charge in [0.1, 0.15) is 5.60 Å². The van der Waals surface area contributed by atoms with Crippen molar-refractivity contribution in [3.63, 3.8) is 0 Å². The summed E-state index contributed by atoms with van der Waals surface area (Å²) in [6, 6.07) is 0.462. The minimum absolute atomic E-state index is 0.0526. The molecule has 8 heteroatoms. The summed E-state index contributed by atoms with van der Waals surface area (Å²) < 4.78 is 5.30. The zero-order chi connectivity index (χ0) is 21.0. The van der Waals surface area contributed by atoms with Crippen LogP contribution in [0.25, 0.3) is 0 Å². The monoisotopic (exact) mass is 397 g/mol. The molecule has 0 aromatic heterocycles. The highest BCUT2D eigenvalue weighted by atomic mass is 16.6. The number of alkyl carbamates (subject to hydrolysis) is 1. The molecule has 162 valence electrons. The average Bonchev–Trinajstić information content (AvgIpc) is 3.41. The minimum atomic E-state index is -0.514. The standard InChI is InChI=1S/C20H39N5O3/c1-6-7-9-16(14-23-19(27)28-20(2,3)4)25-18(21-5)22-13-8-10-17(26)24-15-11-12-15/h15-16H,6-14H2,1-5H3,(H,23,27)(H,24,26)(H2,21,22,25). The molecule has 0 spiro atoms. The molecule has 1 saturated carbocycles. The second kappa shape index (κ2) is 12.5. The van der Waals surface area contributed by atoms with E-state index in [4.69, 9.17) is 4.74 Å². The van der Waals surface area contributed by atoms with E-state index >= 15 is 0 Å². The van der Waals surface area contributed by atoms with E-state index in [0.717, 1.165) is 38.5 Å². The van der Waals surface area contributed by atoms with E-state index in [1.54, 1.807) is 7.05 Å². The maximum atomic E-state index is 11.9. The third-order valence-electron chi connectivity index (χ3n) is 4.18. The molecule has 0 heterocycles. The summed E-state index contributed by atoms with van der Waals surface area (Å²) in [7, 11) is 1.72. The number of unbranched alkanes of at least 4 members (excludes halogenated alkanes) is 1. The quantitative estimate of drug-likeness (QED) is 0.243. The van der Waals surface area contributed by atoms with Crippen LogP contribution >= 0.6 is 0 Å². The lowest BCUT2D eigenvalue weighted by Crippen LogP contribution is -2.49. The Hall–Kier alpha value is -1.99. The highest BCUT2D eigenvalue weighted by Gasteiger charge is 2.22. The van der Waals surface area contributed by atoms with E-state index in [0.29, 0.717) is 31.5 Å². The van der Waals surface area contributed by atoms with E-state index in [2.05, 4.69) is 33.2 Å². The molecule has 8 nitrogen and oxygen atoms in total. The smallest absolute Gasteiger partial charge is 0.407 e. The van der Waals surface area contributed by atoms with Crippen LogP contribution < -0.4 is 21.3 Å². The Morgan fingerprint density at radius 1 is 1.18 bits per heavy atom. The Balaban J connectivity index is 2.34. The predicted molar refractivity (Wildman–Crippen MR) is 112 cm³/mol. The molecular formula is C20H39N5O3. The molecule has 1 unspecified atom stereocenters. The summed E-state index contributed by atoms with van der Waals surface area (Å²) in [6.45, 7) is 8.79. The van der Waals surface area contributed by atoms with Gasteiger partial charge in [0.25, 0.3) is 0 Å². The Morgan fingerprint density at radius 3 is 2.46 bits per heavy atom. The van der Waals surface area contributed by atoms with Crippen LogP contribution in [0, 0.1) is 0 Å². The molecule has 1 atom stereocenters. The summed E-state index contributed by atoms with van der Waals surface area (Å²) in [5, 5.41) is 12.4. The fraction of sp³-hybridized carbons (Fsp3) is 0.850. The molecule has 4 N–H and O–H groups in total. The second-order valence-electron chi connectivity index (χ2n) is 8.31. The molecule has 2 amide bonds. The number of guanidine groups is 1. The number of carbonyl (C=O) groups excluding carboxylic acids is 2. The van der Waals surface area contributed by atoms with Crippen molar-refractivity contribution in [2.45, 2.75) is 90.3 Å². The number of aliphatic imine (C=N–C) groups is 1. The van der Waals surface area contributed by atoms with Crippen LogP contribution in [0.4, 0.5) is 4.79 Å². The van der Waals surface area contributed by atoms with Crippen LogP contribution in [0.2, 0.25) is 0 Å². The lowest BCUT2D eigenvalue weighted by molar-refractivity contribution is -0.121. The highest BCUT2D eigenvalue weighted by molar-refractivity contribution is 5.80. The van der Waals surface area contributed by atoms with Gasteiger partial charge in [-0.05, 0) is 46.5 Å². The first-order chi connectivity index (χ1) is 13.2. The van der Waals surface area contributed by atoms with Gasteiger partial charge in [-0.25, -0.2) is 4.79 Å². The van der Waals surface area contributed by atoms with E-state index in [1.165, 1.54) is 0 Å². The Morgan fingerprint density at radius 2 is 1.89 bits per heavy atom. The lowest BCUT2D eigenvalue weighted by atomic mass is 10.1. The third-order valence-corrected chi connectivity index (χ3v) is 4.18. The van der Waals surface area contributed by atoms with Crippen LogP contribution in [-0.4, -0.2) is 55.8 Å². The number of hydrogen-bond acceptors (Lipinski definition) is 4. The number of hydrogen-bond donors (Lipinski definition) is 4. The molecule has 1 fully saturated rings. The van der Waals surface area contributed by atoms with Gasteiger partial charge in [-0.15, -0.1) is 0 Å². The van der Waals surface area contributed by atoms with Gasteiger partial charge in [0.05, 0.1) is 0 Å². The van der Waals surface area contributed by atoms with Crippen molar-refractivity contribution in [1.29, 1.82) is 0 Å². The van der Waals surface area contributed by atoms with E-state index in [1.807, 2.05) is 20.8 Å². The van der Waals surface area contributed by atoms with Gasteiger partial charge in [-0.2, -0.15) is 0 Å². The number of rotatable bonds is 11. The van der Waals surface area contributed by atoms with Crippen molar-refractivity contribution >= 4 is 18.0 Å². The van der Waals surface area contributed by atoms with Gasteiger partial charge in [-0.3, -0.25) is 9.79 Å². The maximum Gasteiger partial charge on any atom is 0.407 e. The van der Waals surface area contributed by atoms with Gasteiger partial charge in [0.2, 0.25) is 5.91 Å². The first kappa shape index (κ1) is 24.0. The van der Waals surface area contributed by atoms with Crippen molar-refractivity contribution < 1.29 is 14.3 Å². The molecule has 0 aromatic rings. The largest absolute Gasteiger partial charge is 0.444 e. The molecule has 0 bridgehead atoms.